The molecule has 0 bridgehead atoms. The van der Waals surface area contributed by atoms with Gasteiger partial charge in [-0.3, -0.25) is 0 Å². The van der Waals surface area contributed by atoms with Crippen LogP contribution in [0.2, 0.25) is 0 Å². The maximum absolute atomic E-state index is 10.0. The van der Waals surface area contributed by atoms with E-state index in [4.69, 9.17) is 5.26 Å². The van der Waals surface area contributed by atoms with Crippen LogP contribution in [0.4, 0.5) is 0 Å². The van der Waals surface area contributed by atoms with Crippen molar-refractivity contribution in [1.29, 1.82) is 5.26 Å². The Morgan fingerprint density at radius 3 is 2.44 bits per heavy atom. The largest absolute Gasteiger partial charge is 0.234 e. The molecule has 1 atom stereocenters. The van der Waals surface area contributed by atoms with Gasteiger partial charge in [0.1, 0.15) is 5.94 Å². The number of hydrogen-bond acceptors (Lipinski definition) is 2. The Bertz CT molecular complexity index is 172. The van der Waals surface area contributed by atoms with Crippen molar-refractivity contribution in [1.82, 2.24) is 0 Å². The lowest BCUT2D eigenvalue weighted by Gasteiger charge is -1.97. The van der Waals surface area contributed by atoms with Crippen molar-refractivity contribution < 1.29 is 4.79 Å². The first-order valence-corrected chi connectivity index (χ1v) is 2.89. The number of allylic oxidation sites excluding steroid dienone is 1. The van der Waals surface area contributed by atoms with Crippen LogP contribution in [0.1, 0.15) is 20.3 Å². The van der Waals surface area contributed by atoms with Crippen LogP contribution < -0.4 is 0 Å². The molecular formula is C7H9NO. The predicted octanol–water partition coefficient (Wildman–Crippen LogP) is 1.31. The molecule has 0 N–H and O–H groups in total. The maximum atomic E-state index is 10.0. The molecule has 0 aliphatic carbocycles. The molecule has 0 fully saturated rings. The summed E-state index contributed by atoms with van der Waals surface area (Å²) in [4.78, 5) is 10.0. The molecule has 48 valence electrons. The van der Waals surface area contributed by atoms with Gasteiger partial charge in [-0.2, -0.15) is 5.26 Å². The molecule has 0 spiro atoms. The maximum Gasteiger partial charge on any atom is 0.124 e. The quantitative estimate of drug-likeness (QED) is 0.519. The van der Waals surface area contributed by atoms with Gasteiger partial charge < -0.3 is 0 Å². The average molecular weight is 123 g/mol. The van der Waals surface area contributed by atoms with Gasteiger partial charge in [0.25, 0.3) is 0 Å². The molecular weight excluding hydrogens is 114 g/mol. The SMILES string of the molecule is CCC(=C=O)C(C)C#N. The summed E-state index contributed by atoms with van der Waals surface area (Å²) in [6.07, 6.45) is 0.623. The van der Waals surface area contributed by atoms with Crippen LogP contribution >= 0.6 is 0 Å². The number of nitrogens with zero attached hydrogens (tertiary/aromatic N) is 1. The Morgan fingerprint density at radius 2 is 2.33 bits per heavy atom. The standard InChI is InChI=1S/C7H9NO/c1-3-7(5-9)6(2)4-8/h6H,3H2,1-2H3. The first-order chi connectivity index (χ1) is 4.26. The molecule has 9 heavy (non-hydrogen) atoms. The summed E-state index contributed by atoms with van der Waals surface area (Å²) in [6, 6.07) is 1.97. The summed E-state index contributed by atoms with van der Waals surface area (Å²) in [5.41, 5.74) is 0.553. The smallest absolute Gasteiger partial charge is 0.124 e. The van der Waals surface area contributed by atoms with Crippen LogP contribution in [0, 0.1) is 17.2 Å². The molecule has 0 aromatic heterocycles. The highest BCUT2D eigenvalue weighted by Gasteiger charge is 2.04. The van der Waals surface area contributed by atoms with Gasteiger partial charge in [-0.1, -0.05) is 6.92 Å². The van der Waals surface area contributed by atoms with Gasteiger partial charge in [0.15, 0.2) is 0 Å². The van der Waals surface area contributed by atoms with E-state index in [9.17, 15) is 4.79 Å². The number of hydrogen-bond donors (Lipinski definition) is 0. The monoisotopic (exact) mass is 123 g/mol. The lowest BCUT2D eigenvalue weighted by Crippen LogP contribution is -1.94. The van der Waals surface area contributed by atoms with Crippen LogP contribution in [0.3, 0.4) is 0 Å². The topological polar surface area (TPSA) is 40.9 Å². The molecule has 0 aliphatic rings. The van der Waals surface area contributed by atoms with E-state index in [2.05, 4.69) is 0 Å². The molecule has 2 nitrogen and oxygen atoms in total. The van der Waals surface area contributed by atoms with Crippen molar-refractivity contribution in [2.24, 2.45) is 5.92 Å². The molecule has 0 aromatic carbocycles. The number of carbonyl (C=O) groups excluding carboxylic acids is 1. The van der Waals surface area contributed by atoms with Crippen LogP contribution in [0.15, 0.2) is 5.57 Å². The highest BCUT2D eigenvalue weighted by molar-refractivity contribution is 5.54. The molecule has 0 saturated heterocycles. The van der Waals surface area contributed by atoms with Gasteiger partial charge >= 0.3 is 0 Å². The van der Waals surface area contributed by atoms with E-state index in [0.29, 0.717) is 12.0 Å². The second-order valence-electron chi connectivity index (χ2n) is 1.83. The van der Waals surface area contributed by atoms with Crippen molar-refractivity contribution in [3.05, 3.63) is 5.57 Å². The van der Waals surface area contributed by atoms with E-state index < -0.39 is 0 Å². The van der Waals surface area contributed by atoms with E-state index in [-0.39, 0.29) is 5.92 Å². The minimum atomic E-state index is -0.271. The summed E-state index contributed by atoms with van der Waals surface area (Å²) in [7, 11) is 0. The van der Waals surface area contributed by atoms with Crippen LogP contribution in [-0.4, -0.2) is 5.94 Å². The average Bonchev–Trinajstić information content (AvgIpc) is 1.90. The van der Waals surface area contributed by atoms with Crippen molar-refractivity contribution in [2.45, 2.75) is 20.3 Å². The zero-order valence-corrected chi connectivity index (χ0v) is 5.64. The third kappa shape index (κ3) is 2.12. The van der Waals surface area contributed by atoms with E-state index in [1.165, 1.54) is 0 Å². The van der Waals surface area contributed by atoms with Crippen molar-refractivity contribution in [3.8, 4) is 6.07 Å². The molecule has 0 rings (SSSR count). The van der Waals surface area contributed by atoms with Crippen molar-refractivity contribution in [3.63, 3.8) is 0 Å². The first kappa shape index (κ1) is 7.94. The lowest BCUT2D eigenvalue weighted by atomic mass is 10.0. The third-order valence-electron chi connectivity index (χ3n) is 1.23. The Labute approximate surface area is 54.8 Å². The van der Waals surface area contributed by atoms with Gasteiger partial charge in [0.2, 0.25) is 0 Å². The highest BCUT2D eigenvalue weighted by Crippen LogP contribution is 2.08. The van der Waals surface area contributed by atoms with Gasteiger partial charge in [-0.15, -0.1) is 0 Å². The van der Waals surface area contributed by atoms with Crippen LogP contribution in [0.5, 0.6) is 0 Å². The van der Waals surface area contributed by atoms with E-state index in [1.54, 1.807) is 12.9 Å². The first-order valence-electron chi connectivity index (χ1n) is 2.89. The van der Waals surface area contributed by atoms with E-state index >= 15 is 0 Å². The summed E-state index contributed by atoms with van der Waals surface area (Å²) < 4.78 is 0. The van der Waals surface area contributed by atoms with Crippen molar-refractivity contribution in [2.75, 3.05) is 0 Å². The summed E-state index contributed by atoms with van der Waals surface area (Å²) in [5, 5.41) is 8.32. The van der Waals surface area contributed by atoms with Crippen LogP contribution in [-0.2, 0) is 4.79 Å². The minimum Gasteiger partial charge on any atom is -0.234 e. The minimum absolute atomic E-state index is 0.271. The van der Waals surface area contributed by atoms with Crippen molar-refractivity contribution >= 4 is 5.94 Å². The summed E-state index contributed by atoms with van der Waals surface area (Å²) >= 11 is 0. The molecule has 0 aromatic rings. The highest BCUT2D eigenvalue weighted by atomic mass is 16.1. The summed E-state index contributed by atoms with van der Waals surface area (Å²) in [5.74, 6) is 1.48. The molecule has 2 heteroatoms. The zero-order chi connectivity index (χ0) is 7.28. The normalized spacial score (nSPS) is 11.2. The second-order valence-corrected chi connectivity index (χ2v) is 1.83. The lowest BCUT2D eigenvalue weighted by molar-refractivity contribution is 0.563. The fourth-order valence-electron chi connectivity index (χ4n) is 0.545. The van der Waals surface area contributed by atoms with E-state index in [0.717, 1.165) is 0 Å². The predicted molar refractivity (Wildman–Crippen MR) is 34.3 cm³/mol. The van der Waals surface area contributed by atoms with Gasteiger partial charge in [0, 0.05) is 5.57 Å². The van der Waals surface area contributed by atoms with Gasteiger partial charge in [0.05, 0.1) is 12.0 Å². The summed E-state index contributed by atoms with van der Waals surface area (Å²) in [6.45, 7) is 3.54. The number of nitriles is 1. The Balaban J connectivity index is 4.18. The fourth-order valence-corrected chi connectivity index (χ4v) is 0.545. The van der Waals surface area contributed by atoms with Gasteiger partial charge in [-0.25, -0.2) is 4.79 Å². The Hall–Kier alpha value is -1.06. The van der Waals surface area contributed by atoms with E-state index in [1.807, 2.05) is 13.0 Å². The molecule has 0 aliphatic heterocycles. The van der Waals surface area contributed by atoms with Gasteiger partial charge in [-0.05, 0) is 13.3 Å². The second kappa shape index (κ2) is 3.88. The fraction of sp³-hybridized carbons (Fsp3) is 0.571. The molecule has 1 unspecified atom stereocenters. The third-order valence-corrected chi connectivity index (χ3v) is 1.23. The molecule has 0 radical (unpaired) electrons. The Kier molecular flexibility index (Phi) is 3.43. The molecule has 0 heterocycles. The molecule has 0 amide bonds. The molecule has 0 saturated carbocycles. The Morgan fingerprint density at radius 1 is 1.78 bits per heavy atom. The zero-order valence-electron chi connectivity index (χ0n) is 5.64. The van der Waals surface area contributed by atoms with Crippen LogP contribution in [0.25, 0.3) is 0 Å². The number of rotatable bonds is 2.